The van der Waals surface area contributed by atoms with Crippen molar-refractivity contribution in [3.05, 3.63) is 23.3 Å². The zero-order valence-electron chi connectivity index (χ0n) is 10.5. The summed E-state index contributed by atoms with van der Waals surface area (Å²) in [5.74, 6) is -1.17. The lowest BCUT2D eigenvalue weighted by Crippen LogP contribution is -2.18. The number of carboxylic acid groups (broad SMARTS) is 1. The Labute approximate surface area is 102 Å². The van der Waals surface area contributed by atoms with Gasteiger partial charge in [0.25, 0.3) is 0 Å². The third-order valence-corrected chi connectivity index (χ3v) is 2.57. The van der Waals surface area contributed by atoms with Crippen molar-refractivity contribution in [1.82, 2.24) is 0 Å². The number of carbonyl (C=O) groups is 1. The van der Waals surface area contributed by atoms with Gasteiger partial charge in [-0.1, -0.05) is 23.3 Å². The number of aliphatic hydroxyl groups excluding tert-OH is 2. The van der Waals surface area contributed by atoms with E-state index in [4.69, 9.17) is 15.3 Å². The van der Waals surface area contributed by atoms with Crippen molar-refractivity contribution in [3.8, 4) is 0 Å². The molecule has 0 aliphatic carbocycles. The van der Waals surface area contributed by atoms with Gasteiger partial charge in [-0.15, -0.1) is 0 Å². The van der Waals surface area contributed by atoms with Gasteiger partial charge in [-0.2, -0.15) is 0 Å². The number of hydrogen-bond acceptors (Lipinski definition) is 3. The Balaban J connectivity index is 3.87. The molecule has 1 unspecified atom stereocenters. The first-order valence-corrected chi connectivity index (χ1v) is 5.80. The molecule has 0 saturated carbocycles. The summed E-state index contributed by atoms with van der Waals surface area (Å²) in [4.78, 5) is 10.4. The first kappa shape index (κ1) is 15.9. The summed E-state index contributed by atoms with van der Waals surface area (Å²) in [5.41, 5.74) is 2.23. The normalized spacial score (nSPS) is 14.8. The minimum atomic E-state index is -1.27. The van der Waals surface area contributed by atoms with Crippen LogP contribution in [0.4, 0.5) is 0 Å². The highest BCUT2D eigenvalue weighted by atomic mass is 16.4. The molecular formula is C13H22O4. The summed E-state index contributed by atoms with van der Waals surface area (Å²) in [5, 5.41) is 26.3. The average molecular weight is 242 g/mol. The predicted octanol–water partition coefficient (Wildman–Crippen LogP) is 1.88. The maximum atomic E-state index is 10.4. The second-order valence-electron chi connectivity index (χ2n) is 4.21. The molecule has 0 saturated heterocycles. The Morgan fingerprint density at radius 3 is 2.29 bits per heavy atom. The van der Waals surface area contributed by atoms with Gasteiger partial charge < -0.3 is 15.3 Å². The number of allylic oxidation sites excluding steroid dienone is 3. The fraction of sp³-hybridized carbons (Fsp3) is 0.615. The van der Waals surface area contributed by atoms with E-state index >= 15 is 0 Å². The maximum absolute atomic E-state index is 10.4. The monoisotopic (exact) mass is 242 g/mol. The van der Waals surface area contributed by atoms with Crippen LogP contribution >= 0.6 is 0 Å². The van der Waals surface area contributed by atoms with E-state index < -0.39 is 12.1 Å². The van der Waals surface area contributed by atoms with Crippen molar-refractivity contribution in [2.75, 3.05) is 6.61 Å². The summed E-state index contributed by atoms with van der Waals surface area (Å²) in [6.45, 7) is 3.96. The van der Waals surface area contributed by atoms with Crippen LogP contribution in [0.3, 0.4) is 0 Å². The van der Waals surface area contributed by atoms with Gasteiger partial charge in [0.2, 0.25) is 0 Å². The molecule has 0 fully saturated rings. The van der Waals surface area contributed by atoms with Crippen molar-refractivity contribution in [1.29, 1.82) is 0 Å². The zero-order valence-corrected chi connectivity index (χ0v) is 10.5. The number of carboxylic acids is 1. The van der Waals surface area contributed by atoms with Crippen LogP contribution in [0.15, 0.2) is 23.3 Å². The van der Waals surface area contributed by atoms with E-state index in [-0.39, 0.29) is 13.0 Å². The van der Waals surface area contributed by atoms with Crippen molar-refractivity contribution >= 4 is 5.97 Å². The molecule has 4 heteroatoms. The van der Waals surface area contributed by atoms with Gasteiger partial charge in [-0.3, -0.25) is 0 Å². The Kier molecular flexibility index (Phi) is 8.36. The molecule has 0 aliphatic rings. The highest BCUT2D eigenvalue weighted by molar-refractivity contribution is 5.71. The largest absolute Gasteiger partial charge is 0.479 e. The van der Waals surface area contributed by atoms with Gasteiger partial charge in [0.15, 0.2) is 6.10 Å². The zero-order chi connectivity index (χ0) is 13.3. The fourth-order valence-electron chi connectivity index (χ4n) is 1.39. The first-order chi connectivity index (χ1) is 7.97. The van der Waals surface area contributed by atoms with Crippen LogP contribution in [0.25, 0.3) is 0 Å². The number of aliphatic carboxylic acids is 1. The van der Waals surface area contributed by atoms with Crippen molar-refractivity contribution < 1.29 is 20.1 Å². The maximum Gasteiger partial charge on any atom is 0.332 e. The average Bonchev–Trinajstić information content (AvgIpc) is 2.26. The van der Waals surface area contributed by atoms with E-state index in [0.717, 1.165) is 24.0 Å². The fourth-order valence-corrected chi connectivity index (χ4v) is 1.39. The second-order valence-corrected chi connectivity index (χ2v) is 4.21. The van der Waals surface area contributed by atoms with Gasteiger partial charge in [0.05, 0.1) is 6.61 Å². The summed E-state index contributed by atoms with van der Waals surface area (Å²) in [7, 11) is 0. The molecule has 0 rings (SSSR count). The van der Waals surface area contributed by atoms with Crippen LogP contribution < -0.4 is 0 Å². The minimum absolute atomic E-state index is 0.0688. The van der Waals surface area contributed by atoms with Crippen LogP contribution in [-0.2, 0) is 4.79 Å². The third-order valence-electron chi connectivity index (χ3n) is 2.57. The van der Waals surface area contributed by atoms with E-state index in [1.807, 2.05) is 19.9 Å². The number of rotatable bonds is 8. The summed E-state index contributed by atoms with van der Waals surface area (Å²) < 4.78 is 0. The van der Waals surface area contributed by atoms with Crippen LogP contribution in [0.2, 0.25) is 0 Å². The summed E-state index contributed by atoms with van der Waals surface area (Å²) >= 11 is 0. The lowest BCUT2D eigenvalue weighted by Gasteiger charge is -2.05. The van der Waals surface area contributed by atoms with E-state index in [1.54, 1.807) is 6.08 Å². The van der Waals surface area contributed by atoms with E-state index in [9.17, 15) is 4.79 Å². The molecule has 0 spiro atoms. The highest BCUT2D eigenvalue weighted by Crippen LogP contribution is 2.11. The molecule has 3 N–H and O–H groups in total. The first-order valence-electron chi connectivity index (χ1n) is 5.80. The topological polar surface area (TPSA) is 77.8 Å². The number of hydrogen-bond donors (Lipinski definition) is 3. The van der Waals surface area contributed by atoms with Crippen LogP contribution in [0, 0.1) is 0 Å². The Morgan fingerprint density at radius 2 is 1.76 bits per heavy atom. The van der Waals surface area contributed by atoms with E-state index in [2.05, 4.69) is 0 Å². The minimum Gasteiger partial charge on any atom is -0.479 e. The van der Waals surface area contributed by atoms with Gasteiger partial charge in [-0.25, -0.2) is 4.79 Å². The Morgan fingerprint density at radius 1 is 1.18 bits per heavy atom. The molecule has 4 nitrogen and oxygen atoms in total. The van der Waals surface area contributed by atoms with Gasteiger partial charge in [0.1, 0.15) is 0 Å². The molecule has 0 aromatic carbocycles. The van der Waals surface area contributed by atoms with Crippen molar-refractivity contribution in [2.24, 2.45) is 0 Å². The Hall–Kier alpha value is -1.13. The Bertz CT molecular complexity index is 292. The van der Waals surface area contributed by atoms with E-state index in [0.29, 0.717) is 6.42 Å². The number of aliphatic hydroxyl groups is 2. The molecule has 0 aromatic rings. The molecule has 0 heterocycles. The predicted molar refractivity (Wildman–Crippen MR) is 66.7 cm³/mol. The van der Waals surface area contributed by atoms with Crippen LogP contribution in [-0.4, -0.2) is 34.0 Å². The lowest BCUT2D eigenvalue weighted by molar-refractivity contribution is -0.146. The van der Waals surface area contributed by atoms with Crippen LogP contribution in [0.1, 0.15) is 39.5 Å². The van der Waals surface area contributed by atoms with Crippen molar-refractivity contribution in [3.63, 3.8) is 0 Å². The SMILES string of the molecule is CC(=CCO)CCC=C(C)CCC(O)C(=O)O. The molecule has 0 radical (unpaired) electrons. The quantitative estimate of drug-likeness (QED) is 0.568. The molecule has 0 aliphatic heterocycles. The second kappa shape index (κ2) is 8.96. The van der Waals surface area contributed by atoms with Gasteiger partial charge in [-0.05, 0) is 39.5 Å². The molecule has 0 aromatic heterocycles. The van der Waals surface area contributed by atoms with Gasteiger partial charge in [0, 0.05) is 0 Å². The summed E-state index contributed by atoms with van der Waals surface area (Å²) in [6, 6.07) is 0. The standard InChI is InChI=1S/C13H22O4/c1-10(6-7-12(15)13(16)17)4-3-5-11(2)8-9-14/h4,8,12,14-15H,3,5-7,9H2,1-2H3,(H,16,17). The third kappa shape index (κ3) is 8.65. The molecule has 0 amide bonds. The van der Waals surface area contributed by atoms with Crippen LogP contribution in [0.5, 0.6) is 0 Å². The van der Waals surface area contributed by atoms with Gasteiger partial charge >= 0.3 is 5.97 Å². The van der Waals surface area contributed by atoms with E-state index in [1.165, 1.54) is 0 Å². The highest BCUT2D eigenvalue weighted by Gasteiger charge is 2.11. The smallest absolute Gasteiger partial charge is 0.332 e. The summed E-state index contributed by atoms with van der Waals surface area (Å²) in [6.07, 6.45) is 5.16. The lowest BCUT2D eigenvalue weighted by atomic mass is 10.1. The van der Waals surface area contributed by atoms with Crippen molar-refractivity contribution in [2.45, 2.75) is 45.6 Å². The molecule has 98 valence electrons. The molecule has 17 heavy (non-hydrogen) atoms. The molecule has 0 bridgehead atoms. The molecular weight excluding hydrogens is 220 g/mol. The molecule has 1 atom stereocenters.